The van der Waals surface area contributed by atoms with Crippen molar-refractivity contribution < 1.29 is 14.3 Å². The van der Waals surface area contributed by atoms with Gasteiger partial charge >= 0.3 is 0 Å². The summed E-state index contributed by atoms with van der Waals surface area (Å²) in [5.74, 6) is 1.72. The van der Waals surface area contributed by atoms with Gasteiger partial charge in [-0.3, -0.25) is 4.79 Å². The Labute approximate surface area is 122 Å². The van der Waals surface area contributed by atoms with Crippen LogP contribution in [0, 0.1) is 13.8 Å². The van der Waals surface area contributed by atoms with E-state index in [4.69, 9.17) is 9.47 Å². The van der Waals surface area contributed by atoms with Crippen LogP contribution >= 0.6 is 0 Å². The van der Waals surface area contributed by atoms with Crippen molar-refractivity contribution >= 4 is 11.6 Å². The molecule has 1 aromatic carbocycles. The maximum absolute atomic E-state index is 12.3. The van der Waals surface area contributed by atoms with Gasteiger partial charge in [0.15, 0.2) is 11.5 Å². The first-order valence-electron chi connectivity index (χ1n) is 6.65. The van der Waals surface area contributed by atoms with E-state index < -0.39 is 0 Å². The first-order valence-corrected chi connectivity index (χ1v) is 6.65. The molecule has 0 spiro atoms. The fraction of sp³-hybridized carbons (Fsp3) is 0.267. The SMILES string of the molecule is Cc1ncc(C(=O)Nc2ccc3c(c2)OCCO3)c(C)n1. The number of carbonyl (C=O) groups excluding carboxylic acids is 1. The largest absolute Gasteiger partial charge is 0.486 e. The molecule has 0 fully saturated rings. The molecule has 0 unspecified atom stereocenters. The van der Waals surface area contributed by atoms with E-state index in [1.165, 1.54) is 6.20 Å². The zero-order valence-electron chi connectivity index (χ0n) is 11.8. The highest BCUT2D eigenvalue weighted by Crippen LogP contribution is 2.32. The lowest BCUT2D eigenvalue weighted by atomic mass is 10.2. The number of fused-ring (bicyclic) bond motifs is 1. The van der Waals surface area contributed by atoms with Gasteiger partial charge in [-0.25, -0.2) is 9.97 Å². The van der Waals surface area contributed by atoms with Crippen LogP contribution in [0.3, 0.4) is 0 Å². The van der Waals surface area contributed by atoms with Gasteiger partial charge in [0, 0.05) is 18.0 Å². The van der Waals surface area contributed by atoms with E-state index in [-0.39, 0.29) is 5.91 Å². The smallest absolute Gasteiger partial charge is 0.259 e. The van der Waals surface area contributed by atoms with Gasteiger partial charge < -0.3 is 14.8 Å². The Morgan fingerprint density at radius 3 is 2.71 bits per heavy atom. The molecule has 0 radical (unpaired) electrons. The molecule has 3 rings (SSSR count). The maximum atomic E-state index is 12.3. The zero-order valence-corrected chi connectivity index (χ0v) is 11.8. The first kappa shape index (κ1) is 13.4. The average molecular weight is 285 g/mol. The van der Waals surface area contributed by atoms with Crippen LogP contribution in [-0.4, -0.2) is 29.1 Å². The molecule has 0 aliphatic carbocycles. The number of benzene rings is 1. The average Bonchev–Trinajstić information content (AvgIpc) is 2.47. The molecule has 2 aromatic rings. The van der Waals surface area contributed by atoms with Crippen LogP contribution in [0.1, 0.15) is 21.9 Å². The van der Waals surface area contributed by atoms with Gasteiger partial charge in [-0.2, -0.15) is 0 Å². The molecular weight excluding hydrogens is 270 g/mol. The van der Waals surface area contributed by atoms with Crippen molar-refractivity contribution in [2.24, 2.45) is 0 Å². The lowest BCUT2D eigenvalue weighted by Gasteiger charge is -2.19. The predicted octanol–water partition coefficient (Wildman–Crippen LogP) is 2.12. The Morgan fingerprint density at radius 2 is 1.95 bits per heavy atom. The lowest BCUT2D eigenvalue weighted by molar-refractivity contribution is 0.102. The van der Waals surface area contributed by atoms with Crippen molar-refractivity contribution in [3.05, 3.63) is 41.5 Å². The molecule has 0 saturated heterocycles. The molecule has 6 nitrogen and oxygen atoms in total. The molecule has 108 valence electrons. The summed E-state index contributed by atoms with van der Waals surface area (Å²) < 4.78 is 10.9. The van der Waals surface area contributed by atoms with Crippen LogP contribution in [0.2, 0.25) is 0 Å². The Bertz CT molecular complexity index is 701. The number of aromatic nitrogens is 2. The van der Waals surface area contributed by atoms with Gasteiger partial charge in [-0.15, -0.1) is 0 Å². The Morgan fingerprint density at radius 1 is 1.19 bits per heavy atom. The summed E-state index contributed by atoms with van der Waals surface area (Å²) >= 11 is 0. The van der Waals surface area contributed by atoms with Crippen molar-refractivity contribution in [1.82, 2.24) is 9.97 Å². The van der Waals surface area contributed by atoms with Gasteiger partial charge in [0.2, 0.25) is 0 Å². The second-order valence-corrected chi connectivity index (χ2v) is 4.73. The summed E-state index contributed by atoms with van der Waals surface area (Å²) in [7, 11) is 0. The summed E-state index contributed by atoms with van der Waals surface area (Å²) in [6, 6.07) is 5.30. The molecule has 6 heteroatoms. The van der Waals surface area contributed by atoms with E-state index in [0.717, 1.165) is 0 Å². The van der Waals surface area contributed by atoms with Crippen molar-refractivity contribution in [3.8, 4) is 11.5 Å². The molecule has 0 saturated carbocycles. The Balaban J connectivity index is 1.81. The molecule has 0 bridgehead atoms. The fourth-order valence-corrected chi connectivity index (χ4v) is 2.13. The minimum Gasteiger partial charge on any atom is -0.486 e. The van der Waals surface area contributed by atoms with Crippen LogP contribution in [-0.2, 0) is 0 Å². The van der Waals surface area contributed by atoms with Gasteiger partial charge in [-0.05, 0) is 26.0 Å². The van der Waals surface area contributed by atoms with Crippen LogP contribution < -0.4 is 14.8 Å². The van der Waals surface area contributed by atoms with Crippen molar-refractivity contribution in [3.63, 3.8) is 0 Å². The number of anilines is 1. The van der Waals surface area contributed by atoms with Crippen molar-refractivity contribution in [2.45, 2.75) is 13.8 Å². The van der Waals surface area contributed by atoms with Crippen LogP contribution in [0.4, 0.5) is 5.69 Å². The summed E-state index contributed by atoms with van der Waals surface area (Å²) in [5, 5.41) is 2.81. The molecular formula is C15H15N3O3. The number of aryl methyl sites for hydroxylation is 2. The molecule has 1 aliphatic rings. The van der Waals surface area contributed by atoms with Crippen molar-refractivity contribution in [1.29, 1.82) is 0 Å². The standard InChI is InChI=1S/C15H15N3O3/c1-9-12(8-16-10(2)17-9)15(19)18-11-3-4-13-14(7-11)21-6-5-20-13/h3-4,7-8H,5-6H2,1-2H3,(H,18,19). The number of hydrogen-bond acceptors (Lipinski definition) is 5. The summed E-state index contributed by atoms with van der Waals surface area (Å²) in [5.41, 5.74) is 1.75. The number of carbonyl (C=O) groups is 1. The highest BCUT2D eigenvalue weighted by Gasteiger charge is 2.15. The lowest BCUT2D eigenvalue weighted by Crippen LogP contribution is -2.17. The van der Waals surface area contributed by atoms with Crippen molar-refractivity contribution in [2.75, 3.05) is 18.5 Å². The number of rotatable bonds is 2. The molecule has 1 aromatic heterocycles. The molecule has 1 N–H and O–H groups in total. The van der Waals surface area contributed by atoms with Crippen LogP contribution in [0.15, 0.2) is 24.4 Å². The summed E-state index contributed by atoms with van der Waals surface area (Å²) in [4.78, 5) is 20.5. The molecule has 1 aliphatic heterocycles. The van der Waals surface area contributed by atoms with Crippen LogP contribution in [0.25, 0.3) is 0 Å². The number of amides is 1. The maximum Gasteiger partial charge on any atom is 0.259 e. The third kappa shape index (κ3) is 2.79. The number of nitrogens with zero attached hydrogens (tertiary/aromatic N) is 2. The number of hydrogen-bond donors (Lipinski definition) is 1. The Kier molecular flexibility index (Phi) is 3.43. The van der Waals surface area contributed by atoms with Gasteiger partial charge in [0.1, 0.15) is 19.0 Å². The fourth-order valence-electron chi connectivity index (χ4n) is 2.13. The molecule has 1 amide bonds. The molecule has 0 atom stereocenters. The minimum absolute atomic E-state index is 0.246. The van der Waals surface area contributed by atoms with E-state index in [0.29, 0.717) is 47.5 Å². The number of nitrogens with one attached hydrogen (secondary N) is 1. The second-order valence-electron chi connectivity index (χ2n) is 4.73. The van der Waals surface area contributed by atoms with Gasteiger partial charge in [0.05, 0.1) is 11.3 Å². The molecule has 2 heterocycles. The minimum atomic E-state index is -0.246. The van der Waals surface area contributed by atoms with Gasteiger partial charge in [0.25, 0.3) is 5.91 Å². The summed E-state index contributed by atoms with van der Waals surface area (Å²) in [6.45, 7) is 4.62. The number of ether oxygens (including phenoxy) is 2. The highest BCUT2D eigenvalue weighted by molar-refractivity contribution is 6.04. The third-order valence-electron chi connectivity index (χ3n) is 3.14. The predicted molar refractivity (Wildman–Crippen MR) is 76.9 cm³/mol. The van der Waals surface area contributed by atoms with Gasteiger partial charge in [-0.1, -0.05) is 0 Å². The normalized spacial score (nSPS) is 12.9. The summed E-state index contributed by atoms with van der Waals surface area (Å²) in [6.07, 6.45) is 1.53. The second kappa shape index (κ2) is 5.40. The third-order valence-corrected chi connectivity index (χ3v) is 3.14. The monoisotopic (exact) mass is 285 g/mol. The quantitative estimate of drug-likeness (QED) is 0.915. The molecule has 21 heavy (non-hydrogen) atoms. The van der Waals surface area contributed by atoms with E-state index in [1.807, 2.05) is 0 Å². The highest BCUT2D eigenvalue weighted by atomic mass is 16.6. The van der Waals surface area contributed by atoms with E-state index in [1.54, 1.807) is 32.0 Å². The van der Waals surface area contributed by atoms with E-state index in [9.17, 15) is 4.79 Å². The zero-order chi connectivity index (χ0) is 14.8. The van der Waals surface area contributed by atoms with E-state index >= 15 is 0 Å². The first-order chi connectivity index (χ1) is 10.1. The topological polar surface area (TPSA) is 73.3 Å². The van der Waals surface area contributed by atoms with E-state index in [2.05, 4.69) is 15.3 Å². The van der Waals surface area contributed by atoms with Crippen LogP contribution in [0.5, 0.6) is 11.5 Å². The Hall–Kier alpha value is -2.63.